The minimum absolute atomic E-state index is 0.644. The number of imidazole rings is 1. The number of nitrogens with zero attached hydrogens (tertiary/aromatic N) is 3. The van der Waals surface area contributed by atoms with Crippen molar-refractivity contribution < 1.29 is 0 Å². The molecule has 0 saturated carbocycles. The van der Waals surface area contributed by atoms with Gasteiger partial charge in [0.1, 0.15) is 11.3 Å². The van der Waals surface area contributed by atoms with Crippen LogP contribution in [0.15, 0.2) is 30.6 Å². The maximum atomic E-state index is 5.96. The van der Waals surface area contributed by atoms with E-state index in [1.165, 1.54) is 0 Å². The second kappa shape index (κ2) is 4.85. The van der Waals surface area contributed by atoms with Gasteiger partial charge >= 0.3 is 0 Å². The Kier molecular flexibility index (Phi) is 3.05. The number of benzene rings is 1. The number of fused-ring (bicyclic) bond motifs is 1. The Labute approximate surface area is 115 Å². The minimum atomic E-state index is 0.644. The molecule has 1 aromatic carbocycles. The van der Waals surface area contributed by atoms with E-state index in [4.69, 9.17) is 11.6 Å². The number of hydrogen-bond acceptors (Lipinski definition) is 4. The molecule has 0 radical (unpaired) electrons. The van der Waals surface area contributed by atoms with Crippen molar-refractivity contribution in [3.05, 3.63) is 47.0 Å². The average molecular weight is 274 g/mol. The van der Waals surface area contributed by atoms with Gasteiger partial charge in [-0.05, 0) is 24.6 Å². The summed E-state index contributed by atoms with van der Waals surface area (Å²) in [7, 11) is 0. The normalized spacial score (nSPS) is 10.8. The second-order valence-electron chi connectivity index (χ2n) is 4.20. The standard InChI is InChI=1S/C13H12ClN5/c1-8-18-12(11-13(19-8)17-7-16-11)15-6-9-3-2-4-10(14)5-9/h2-5,7H,6H2,1H3,(H2,15,16,17,18,19). The van der Waals surface area contributed by atoms with Gasteiger partial charge in [-0.25, -0.2) is 15.0 Å². The van der Waals surface area contributed by atoms with E-state index in [9.17, 15) is 0 Å². The van der Waals surface area contributed by atoms with E-state index >= 15 is 0 Å². The fourth-order valence-electron chi connectivity index (χ4n) is 1.90. The molecule has 19 heavy (non-hydrogen) atoms. The molecule has 0 bridgehead atoms. The predicted molar refractivity (Wildman–Crippen MR) is 75.2 cm³/mol. The Bertz CT molecular complexity index is 722. The van der Waals surface area contributed by atoms with Crippen LogP contribution in [0.3, 0.4) is 0 Å². The van der Waals surface area contributed by atoms with E-state index in [0.29, 0.717) is 18.0 Å². The summed E-state index contributed by atoms with van der Waals surface area (Å²) in [6.45, 7) is 2.49. The predicted octanol–water partition coefficient (Wildman–Crippen LogP) is 2.93. The van der Waals surface area contributed by atoms with Crippen LogP contribution >= 0.6 is 11.6 Å². The Morgan fingerprint density at radius 2 is 2.21 bits per heavy atom. The number of nitrogens with one attached hydrogen (secondary N) is 2. The van der Waals surface area contributed by atoms with Gasteiger partial charge in [-0.3, -0.25) is 0 Å². The van der Waals surface area contributed by atoms with Crippen molar-refractivity contribution >= 4 is 28.6 Å². The number of rotatable bonds is 3. The molecule has 0 saturated heterocycles. The number of aryl methyl sites for hydroxylation is 1. The zero-order valence-electron chi connectivity index (χ0n) is 10.3. The summed E-state index contributed by atoms with van der Waals surface area (Å²) < 4.78 is 0. The lowest BCUT2D eigenvalue weighted by Gasteiger charge is -2.07. The maximum Gasteiger partial charge on any atom is 0.183 e. The van der Waals surface area contributed by atoms with Gasteiger partial charge in [-0.1, -0.05) is 23.7 Å². The first-order valence-corrected chi connectivity index (χ1v) is 6.26. The summed E-state index contributed by atoms with van der Waals surface area (Å²) in [4.78, 5) is 15.8. The van der Waals surface area contributed by atoms with Crippen LogP contribution in [0.25, 0.3) is 11.2 Å². The zero-order valence-corrected chi connectivity index (χ0v) is 11.1. The molecule has 0 unspecified atom stereocenters. The van der Waals surface area contributed by atoms with Crippen molar-refractivity contribution in [1.82, 2.24) is 19.9 Å². The van der Waals surface area contributed by atoms with Gasteiger partial charge in [0.05, 0.1) is 6.33 Å². The zero-order chi connectivity index (χ0) is 13.2. The summed E-state index contributed by atoms with van der Waals surface area (Å²) in [5.41, 5.74) is 2.57. The van der Waals surface area contributed by atoms with Gasteiger partial charge in [0.2, 0.25) is 0 Å². The molecule has 5 nitrogen and oxygen atoms in total. The molecule has 0 fully saturated rings. The number of halogens is 1. The van der Waals surface area contributed by atoms with Crippen molar-refractivity contribution in [1.29, 1.82) is 0 Å². The molecule has 0 aliphatic heterocycles. The van der Waals surface area contributed by atoms with Crippen LogP contribution in [0.2, 0.25) is 5.02 Å². The highest BCUT2D eigenvalue weighted by Crippen LogP contribution is 2.18. The van der Waals surface area contributed by atoms with E-state index in [0.717, 1.165) is 21.9 Å². The number of aromatic nitrogens is 4. The molecule has 0 atom stereocenters. The third-order valence-corrected chi connectivity index (χ3v) is 2.98. The summed E-state index contributed by atoms with van der Waals surface area (Å²) in [5.74, 6) is 1.44. The van der Waals surface area contributed by atoms with Crippen molar-refractivity contribution in [2.24, 2.45) is 0 Å². The fraction of sp³-hybridized carbons (Fsp3) is 0.154. The topological polar surface area (TPSA) is 66.5 Å². The van der Waals surface area contributed by atoms with Crippen molar-refractivity contribution in [3.63, 3.8) is 0 Å². The fourth-order valence-corrected chi connectivity index (χ4v) is 2.12. The van der Waals surface area contributed by atoms with Crippen molar-refractivity contribution in [2.75, 3.05) is 5.32 Å². The van der Waals surface area contributed by atoms with E-state index in [-0.39, 0.29) is 0 Å². The van der Waals surface area contributed by atoms with Crippen LogP contribution in [-0.4, -0.2) is 19.9 Å². The summed E-state index contributed by atoms with van der Waals surface area (Å²) >= 11 is 5.96. The molecule has 3 aromatic rings. The monoisotopic (exact) mass is 273 g/mol. The highest BCUT2D eigenvalue weighted by Gasteiger charge is 2.07. The average Bonchev–Trinajstić information content (AvgIpc) is 2.84. The molecule has 0 amide bonds. The number of aromatic amines is 1. The third-order valence-electron chi connectivity index (χ3n) is 2.75. The summed E-state index contributed by atoms with van der Waals surface area (Å²) in [5, 5.41) is 4.00. The molecule has 96 valence electrons. The highest BCUT2D eigenvalue weighted by atomic mass is 35.5. The molecular formula is C13H12ClN5. The molecular weight excluding hydrogens is 262 g/mol. The molecule has 0 aliphatic rings. The first-order chi connectivity index (χ1) is 9.22. The van der Waals surface area contributed by atoms with Gasteiger partial charge in [0, 0.05) is 11.6 Å². The first kappa shape index (κ1) is 11.9. The van der Waals surface area contributed by atoms with Gasteiger partial charge < -0.3 is 10.3 Å². The highest BCUT2D eigenvalue weighted by molar-refractivity contribution is 6.30. The Morgan fingerprint density at radius 1 is 1.32 bits per heavy atom. The van der Waals surface area contributed by atoms with Gasteiger partial charge in [0.15, 0.2) is 11.5 Å². The van der Waals surface area contributed by atoms with Crippen LogP contribution in [0.1, 0.15) is 11.4 Å². The van der Waals surface area contributed by atoms with Crippen molar-refractivity contribution in [3.8, 4) is 0 Å². The minimum Gasteiger partial charge on any atom is -0.364 e. The molecule has 6 heteroatoms. The van der Waals surface area contributed by atoms with E-state index < -0.39 is 0 Å². The molecule has 2 N–H and O–H groups in total. The Hall–Kier alpha value is -2.14. The van der Waals surface area contributed by atoms with Crippen LogP contribution in [-0.2, 0) is 6.54 Å². The number of hydrogen-bond donors (Lipinski definition) is 2. The van der Waals surface area contributed by atoms with Crippen LogP contribution in [0.5, 0.6) is 0 Å². The maximum absolute atomic E-state index is 5.96. The van der Waals surface area contributed by atoms with Crippen LogP contribution in [0.4, 0.5) is 5.82 Å². The van der Waals surface area contributed by atoms with Gasteiger partial charge in [0.25, 0.3) is 0 Å². The van der Waals surface area contributed by atoms with Crippen LogP contribution in [0, 0.1) is 6.92 Å². The van der Waals surface area contributed by atoms with E-state index in [1.54, 1.807) is 6.33 Å². The number of anilines is 1. The van der Waals surface area contributed by atoms with E-state index in [2.05, 4.69) is 25.3 Å². The van der Waals surface area contributed by atoms with Gasteiger partial charge in [-0.2, -0.15) is 0 Å². The Morgan fingerprint density at radius 3 is 3.05 bits per heavy atom. The smallest absolute Gasteiger partial charge is 0.183 e. The lowest BCUT2D eigenvalue weighted by Crippen LogP contribution is -2.04. The molecule has 0 spiro atoms. The Balaban J connectivity index is 1.87. The van der Waals surface area contributed by atoms with Crippen LogP contribution < -0.4 is 5.32 Å². The SMILES string of the molecule is Cc1nc(NCc2cccc(Cl)c2)c2[nH]cnc2n1. The van der Waals surface area contributed by atoms with E-state index in [1.807, 2.05) is 31.2 Å². The molecule has 2 heterocycles. The quantitative estimate of drug-likeness (QED) is 0.770. The summed E-state index contributed by atoms with van der Waals surface area (Å²) in [6.07, 6.45) is 1.61. The second-order valence-corrected chi connectivity index (χ2v) is 4.64. The third kappa shape index (κ3) is 2.51. The largest absolute Gasteiger partial charge is 0.364 e. The molecule has 3 rings (SSSR count). The van der Waals surface area contributed by atoms with Crippen molar-refractivity contribution in [2.45, 2.75) is 13.5 Å². The number of H-pyrrole nitrogens is 1. The molecule has 2 aromatic heterocycles. The lowest BCUT2D eigenvalue weighted by molar-refractivity contribution is 1.04. The van der Waals surface area contributed by atoms with Gasteiger partial charge in [-0.15, -0.1) is 0 Å². The molecule has 0 aliphatic carbocycles. The summed E-state index contributed by atoms with van der Waals surface area (Å²) in [6, 6.07) is 7.72. The first-order valence-electron chi connectivity index (χ1n) is 5.88. The lowest BCUT2D eigenvalue weighted by atomic mass is 10.2.